The Morgan fingerprint density at radius 2 is 2.04 bits per heavy atom. The lowest BCUT2D eigenvalue weighted by Gasteiger charge is -2.20. The van der Waals surface area contributed by atoms with E-state index >= 15 is 0 Å². The number of fused-ring (bicyclic) bond motifs is 2. The zero-order valence-corrected chi connectivity index (χ0v) is 14.2. The first-order chi connectivity index (χ1) is 11.0. The molecule has 122 valence electrons. The number of likely N-dealkylation sites (tertiary alicyclic amines) is 2. The van der Waals surface area contributed by atoms with E-state index in [1.165, 1.54) is 18.5 Å². The predicted octanol–water partition coefficient (Wildman–Crippen LogP) is 2.28. The largest absolute Gasteiger partial charge is 0.321 e. The molecule has 1 aromatic carbocycles. The van der Waals surface area contributed by atoms with Crippen molar-refractivity contribution >= 4 is 10.9 Å². The first-order valence-corrected chi connectivity index (χ1v) is 8.57. The lowest BCUT2D eigenvalue weighted by molar-refractivity contribution is 0.255. The average molecular weight is 311 g/mol. The first-order valence-electron chi connectivity index (χ1n) is 8.57. The van der Waals surface area contributed by atoms with Gasteiger partial charge in [0.15, 0.2) is 0 Å². The van der Waals surface area contributed by atoms with E-state index in [1.54, 1.807) is 0 Å². The number of rotatable bonds is 2. The number of nitrogens with one attached hydrogen (secondary N) is 1. The van der Waals surface area contributed by atoms with Crippen LogP contribution in [0.2, 0.25) is 0 Å². The summed E-state index contributed by atoms with van der Waals surface area (Å²) in [5, 5.41) is 1.15. The summed E-state index contributed by atoms with van der Waals surface area (Å²) in [5.41, 5.74) is 4.31. The van der Waals surface area contributed by atoms with Crippen LogP contribution in [0.1, 0.15) is 23.1 Å². The van der Waals surface area contributed by atoms with Crippen molar-refractivity contribution in [3.8, 4) is 0 Å². The average Bonchev–Trinajstić information content (AvgIpc) is 3.03. The van der Waals surface area contributed by atoms with Crippen LogP contribution in [0.5, 0.6) is 0 Å². The molecule has 0 radical (unpaired) electrons. The molecule has 2 aliphatic heterocycles. The lowest BCUT2D eigenvalue weighted by atomic mass is 10.0. The molecular weight excluding hydrogens is 286 g/mol. The summed E-state index contributed by atoms with van der Waals surface area (Å²) in [6.07, 6.45) is 1.30. The third-order valence-electron chi connectivity index (χ3n) is 5.67. The van der Waals surface area contributed by atoms with E-state index in [1.807, 2.05) is 0 Å². The second kappa shape index (κ2) is 5.46. The maximum atomic E-state index is 12.5. The monoisotopic (exact) mass is 311 g/mol. The van der Waals surface area contributed by atoms with Crippen molar-refractivity contribution in [3.63, 3.8) is 0 Å². The number of benzene rings is 1. The topological polar surface area (TPSA) is 39.3 Å². The maximum absolute atomic E-state index is 12.5. The first kappa shape index (κ1) is 14.9. The Bertz CT molecular complexity index is 810. The number of likely N-dealkylation sites (N-methyl/N-ethyl adjacent to an activating group) is 1. The Morgan fingerprint density at radius 1 is 1.22 bits per heavy atom. The van der Waals surface area contributed by atoms with Crippen LogP contribution < -0.4 is 5.56 Å². The molecule has 2 saturated heterocycles. The minimum Gasteiger partial charge on any atom is -0.321 e. The highest BCUT2D eigenvalue weighted by Crippen LogP contribution is 2.30. The number of aromatic nitrogens is 1. The van der Waals surface area contributed by atoms with E-state index < -0.39 is 0 Å². The molecule has 0 aliphatic carbocycles. The molecule has 0 spiro atoms. The molecule has 0 amide bonds. The van der Waals surface area contributed by atoms with E-state index in [-0.39, 0.29) is 5.56 Å². The summed E-state index contributed by atoms with van der Waals surface area (Å²) in [6, 6.07) is 7.05. The standard InChI is InChI=1S/C19H25N3O/c1-12-6-13(2)18-15(7-12)8-16(19(23)20-18)10-22-9-14-4-5-21(3)17(14)11-22/h6-8,14,17H,4-5,9-11H2,1-3H3,(H,20,23)/t14-,17+/m0/s1. The predicted molar refractivity (Wildman–Crippen MR) is 93.8 cm³/mol. The van der Waals surface area contributed by atoms with Gasteiger partial charge in [0.25, 0.3) is 5.56 Å². The fourth-order valence-electron chi connectivity index (χ4n) is 4.48. The van der Waals surface area contributed by atoms with Crippen molar-refractivity contribution < 1.29 is 0 Å². The molecule has 23 heavy (non-hydrogen) atoms. The summed E-state index contributed by atoms with van der Waals surface area (Å²) in [4.78, 5) is 20.5. The van der Waals surface area contributed by atoms with E-state index in [2.05, 4.69) is 53.9 Å². The van der Waals surface area contributed by atoms with Gasteiger partial charge in [0, 0.05) is 31.2 Å². The Kier molecular flexibility index (Phi) is 3.54. The minimum absolute atomic E-state index is 0.0647. The molecule has 2 atom stereocenters. The Hall–Kier alpha value is -1.65. The third kappa shape index (κ3) is 2.60. The summed E-state index contributed by atoms with van der Waals surface area (Å²) < 4.78 is 0. The number of aryl methyl sites for hydroxylation is 2. The fourth-order valence-corrected chi connectivity index (χ4v) is 4.48. The van der Waals surface area contributed by atoms with Crippen molar-refractivity contribution in [3.05, 3.63) is 45.2 Å². The molecule has 4 rings (SSSR count). The SMILES string of the molecule is Cc1cc(C)c2[nH]c(=O)c(CN3C[C@@H]4CCN(C)[C@@H]4C3)cc2c1. The molecule has 0 unspecified atom stereocenters. The zero-order chi connectivity index (χ0) is 16.1. The molecular formula is C19H25N3O. The number of H-pyrrole nitrogens is 1. The van der Waals surface area contributed by atoms with Crippen molar-refractivity contribution in [2.45, 2.75) is 32.9 Å². The van der Waals surface area contributed by atoms with E-state index in [9.17, 15) is 4.79 Å². The molecule has 2 aromatic rings. The molecule has 0 saturated carbocycles. The smallest absolute Gasteiger partial charge is 0.252 e. The number of aromatic amines is 1. The van der Waals surface area contributed by atoms with Crippen molar-refractivity contribution in [1.82, 2.24) is 14.8 Å². The van der Waals surface area contributed by atoms with Crippen LogP contribution in [-0.2, 0) is 6.54 Å². The second-order valence-electron chi connectivity index (χ2n) is 7.46. The van der Waals surface area contributed by atoms with E-state index in [0.717, 1.165) is 47.6 Å². The zero-order valence-electron chi connectivity index (χ0n) is 14.2. The summed E-state index contributed by atoms with van der Waals surface area (Å²) in [7, 11) is 2.22. The maximum Gasteiger partial charge on any atom is 0.252 e. The van der Waals surface area contributed by atoms with Crippen LogP contribution in [-0.4, -0.2) is 47.5 Å². The summed E-state index contributed by atoms with van der Waals surface area (Å²) in [6.45, 7) is 8.36. The van der Waals surface area contributed by atoms with Gasteiger partial charge in [0.2, 0.25) is 0 Å². The van der Waals surface area contributed by atoms with E-state index in [4.69, 9.17) is 0 Å². The minimum atomic E-state index is 0.0647. The summed E-state index contributed by atoms with van der Waals surface area (Å²) in [5.74, 6) is 0.782. The molecule has 2 aliphatic rings. The van der Waals surface area contributed by atoms with Gasteiger partial charge in [-0.3, -0.25) is 9.69 Å². The van der Waals surface area contributed by atoms with Gasteiger partial charge in [-0.05, 0) is 62.9 Å². The molecule has 3 heterocycles. The van der Waals surface area contributed by atoms with Gasteiger partial charge in [0.05, 0.1) is 5.52 Å². The molecule has 0 bridgehead atoms. The summed E-state index contributed by atoms with van der Waals surface area (Å²) >= 11 is 0. The third-order valence-corrected chi connectivity index (χ3v) is 5.67. The number of hydrogen-bond acceptors (Lipinski definition) is 3. The van der Waals surface area contributed by atoms with Crippen molar-refractivity contribution in [1.29, 1.82) is 0 Å². The number of nitrogens with zero attached hydrogens (tertiary/aromatic N) is 2. The fraction of sp³-hybridized carbons (Fsp3) is 0.526. The van der Waals surface area contributed by atoms with Gasteiger partial charge in [-0.1, -0.05) is 11.6 Å². The molecule has 1 N–H and O–H groups in total. The second-order valence-corrected chi connectivity index (χ2v) is 7.46. The van der Waals surface area contributed by atoms with Gasteiger partial charge >= 0.3 is 0 Å². The van der Waals surface area contributed by atoms with E-state index in [0.29, 0.717) is 6.04 Å². The number of hydrogen-bond donors (Lipinski definition) is 1. The number of pyridine rings is 1. The van der Waals surface area contributed by atoms with Crippen molar-refractivity contribution in [2.75, 3.05) is 26.7 Å². The quantitative estimate of drug-likeness (QED) is 0.925. The van der Waals surface area contributed by atoms with Crippen LogP contribution in [0.3, 0.4) is 0 Å². The van der Waals surface area contributed by atoms with Gasteiger partial charge < -0.3 is 9.88 Å². The van der Waals surface area contributed by atoms with Crippen LogP contribution in [0.15, 0.2) is 23.0 Å². The normalized spacial score (nSPS) is 25.3. The highest BCUT2D eigenvalue weighted by Gasteiger charge is 2.39. The van der Waals surface area contributed by atoms with Crippen LogP contribution >= 0.6 is 0 Å². The molecule has 1 aromatic heterocycles. The molecule has 4 nitrogen and oxygen atoms in total. The lowest BCUT2D eigenvalue weighted by Crippen LogP contribution is -2.32. The molecule has 4 heteroatoms. The van der Waals surface area contributed by atoms with Crippen LogP contribution in [0, 0.1) is 19.8 Å². The van der Waals surface area contributed by atoms with Gasteiger partial charge in [-0.25, -0.2) is 0 Å². The van der Waals surface area contributed by atoms with Crippen LogP contribution in [0.25, 0.3) is 10.9 Å². The van der Waals surface area contributed by atoms with Gasteiger partial charge in [0.1, 0.15) is 0 Å². The van der Waals surface area contributed by atoms with Gasteiger partial charge in [-0.15, -0.1) is 0 Å². The highest BCUT2D eigenvalue weighted by molar-refractivity contribution is 5.82. The Balaban J connectivity index is 1.62. The van der Waals surface area contributed by atoms with Crippen molar-refractivity contribution in [2.24, 2.45) is 5.92 Å². The Labute approximate surface area is 137 Å². The van der Waals surface area contributed by atoms with Gasteiger partial charge in [-0.2, -0.15) is 0 Å². The highest BCUT2D eigenvalue weighted by atomic mass is 16.1. The molecule has 2 fully saturated rings. The van der Waals surface area contributed by atoms with Crippen LogP contribution in [0.4, 0.5) is 0 Å². The Morgan fingerprint density at radius 3 is 2.83 bits per heavy atom.